The van der Waals surface area contributed by atoms with Gasteiger partial charge in [0, 0.05) is 5.56 Å². The van der Waals surface area contributed by atoms with Crippen LogP contribution in [-0.4, -0.2) is 19.7 Å². The van der Waals surface area contributed by atoms with E-state index in [0.29, 0.717) is 5.82 Å². The van der Waals surface area contributed by atoms with Crippen LogP contribution in [0.3, 0.4) is 0 Å². The Balaban J connectivity index is 2.14. The molecule has 0 saturated carbocycles. The summed E-state index contributed by atoms with van der Waals surface area (Å²) in [6.45, 7) is 4.00. The summed E-state index contributed by atoms with van der Waals surface area (Å²) in [7, 11) is 0. The molecule has 0 spiro atoms. The molecule has 20 heavy (non-hydrogen) atoms. The topological polar surface area (TPSA) is 69.6 Å². The molecule has 0 aliphatic heterocycles. The van der Waals surface area contributed by atoms with E-state index >= 15 is 0 Å². The fourth-order valence-electron chi connectivity index (χ4n) is 2.30. The SMILES string of the molecule is Cc1nn(-c2ccccc2)c(C)c1-c1cnc(N)cn1. The molecule has 0 bridgehead atoms. The molecule has 0 aliphatic carbocycles. The van der Waals surface area contributed by atoms with Crippen molar-refractivity contribution in [2.45, 2.75) is 13.8 Å². The Morgan fingerprint density at radius 1 is 1.00 bits per heavy atom. The summed E-state index contributed by atoms with van der Waals surface area (Å²) < 4.78 is 1.92. The van der Waals surface area contributed by atoms with Crippen molar-refractivity contribution in [3.8, 4) is 16.9 Å². The summed E-state index contributed by atoms with van der Waals surface area (Å²) in [6, 6.07) is 10.0. The number of rotatable bonds is 2. The Morgan fingerprint density at radius 2 is 1.75 bits per heavy atom. The minimum Gasteiger partial charge on any atom is -0.382 e. The number of nitrogens with two attached hydrogens (primary N) is 1. The second-order valence-corrected chi connectivity index (χ2v) is 4.62. The minimum atomic E-state index is 0.416. The van der Waals surface area contributed by atoms with E-state index in [1.807, 2.05) is 48.9 Å². The number of nitrogens with zero attached hydrogens (tertiary/aromatic N) is 4. The van der Waals surface area contributed by atoms with Gasteiger partial charge in [-0.15, -0.1) is 0 Å². The first-order chi connectivity index (χ1) is 9.66. The predicted octanol–water partition coefficient (Wildman–Crippen LogP) is 2.53. The zero-order valence-electron chi connectivity index (χ0n) is 11.4. The molecule has 3 aromatic rings. The summed E-state index contributed by atoms with van der Waals surface area (Å²) in [5.74, 6) is 0.416. The number of benzene rings is 1. The van der Waals surface area contributed by atoms with Crippen molar-refractivity contribution >= 4 is 5.82 Å². The van der Waals surface area contributed by atoms with Crippen molar-refractivity contribution in [3.63, 3.8) is 0 Å². The monoisotopic (exact) mass is 265 g/mol. The van der Waals surface area contributed by atoms with E-state index in [4.69, 9.17) is 5.73 Å². The van der Waals surface area contributed by atoms with Crippen LogP contribution in [0.2, 0.25) is 0 Å². The largest absolute Gasteiger partial charge is 0.382 e. The van der Waals surface area contributed by atoms with Gasteiger partial charge in [-0.1, -0.05) is 18.2 Å². The Labute approximate surface area is 117 Å². The van der Waals surface area contributed by atoms with Gasteiger partial charge >= 0.3 is 0 Å². The van der Waals surface area contributed by atoms with Crippen LogP contribution in [0.15, 0.2) is 42.7 Å². The van der Waals surface area contributed by atoms with Crippen molar-refractivity contribution in [1.29, 1.82) is 0 Å². The average molecular weight is 265 g/mol. The highest BCUT2D eigenvalue weighted by Crippen LogP contribution is 2.26. The van der Waals surface area contributed by atoms with Gasteiger partial charge in [0.25, 0.3) is 0 Å². The van der Waals surface area contributed by atoms with Crippen LogP contribution in [0.1, 0.15) is 11.4 Å². The maximum atomic E-state index is 5.58. The summed E-state index contributed by atoms with van der Waals surface area (Å²) >= 11 is 0. The average Bonchev–Trinajstić information content (AvgIpc) is 2.76. The molecule has 0 saturated heterocycles. The molecule has 0 fully saturated rings. The predicted molar refractivity (Wildman–Crippen MR) is 78.5 cm³/mol. The Morgan fingerprint density at radius 3 is 2.40 bits per heavy atom. The summed E-state index contributed by atoms with van der Waals surface area (Å²) in [5.41, 5.74) is 10.4. The third-order valence-electron chi connectivity index (χ3n) is 3.22. The van der Waals surface area contributed by atoms with Gasteiger partial charge in [-0.3, -0.25) is 4.98 Å². The van der Waals surface area contributed by atoms with Gasteiger partial charge in [0.05, 0.1) is 35.2 Å². The molecule has 2 N–H and O–H groups in total. The van der Waals surface area contributed by atoms with Gasteiger partial charge in [0.1, 0.15) is 5.82 Å². The van der Waals surface area contributed by atoms with Crippen molar-refractivity contribution < 1.29 is 0 Å². The van der Waals surface area contributed by atoms with Crippen LogP contribution in [0.4, 0.5) is 5.82 Å². The summed E-state index contributed by atoms with van der Waals surface area (Å²) in [6.07, 6.45) is 3.25. The standard InChI is InChI=1S/C15H15N5/c1-10-15(13-8-18-14(16)9-17-13)11(2)20(19-10)12-6-4-3-5-7-12/h3-9H,1-2H3,(H2,16,18). The number of hydrogen-bond acceptors (Lipinski definition) is 4. The maximum Gasteiger partial charge on any atom is 0.141 e. The molecule has 0 unspecified atom stereocenters. The van der Waals surface area contributed by atoms with E-state index < -0.39 is 0 Å². The normalized spacial score (nSPS) is 10.7. The van der Waals surface area contributed by atoms with E-state index in [1.54, 1.807) is 12.4 Å². The van der Waals surface area contributed by atoms with Crippen molar-refractivity contribution in [1.82, 2.24) is 19.7 Å². The number of anilines is 1. The van der Waals surface area contributed by atoms with E-state index in [9.17, 15) is 0 Å². The van der Waals surface area contributed by atoms with Crippen LogP contribution in [0, 0.1) is 13.8 Å². The molecule has 2 heterocycles. The second-order valence-electron chi connectivity index (χ2n) is 4.62. The number of nitrogen functional groups attached to an aromatic ring is 1. The summed E-state index contributed by atoms with van der Waals surface area (Å²) in [5, 5.41) is 4.60. The van der Waals surface area contributed by atoms with E-state index in [0.717, 1.165) is 28.3 Å². The van der Waals surface area contributed by atoms with Crippen LogP contribution < -0.4 is 5.73 Å². The van der Waals surface area contributed by atoms with Crippen LogP contribution in [-0.2, 0) is 0 Å². The van der Waals surface area contributed by atoms with Crippen molar-refractivity contribution in [2.24, 2.45) is 0 Å². The Bertz CT molecular complexity index is 729. The lowest BCUT2D eigenvalue weighted by Crippen LogP contribution is -1.99. The smallest absolute Gasteiger partial charge is 0.141 e. The molecule has 0 radical (unpaired) electrons. The molecule has 0 amide bonds. The fraction of sp³-hybridized carbons (Fsp3) is 0.133. The molecule has 0 aliphatic rings. The van der Waals surface area contributed by atoms with Gasteiger partial charge in [0.15, 0.2) is 0 Å². The lowest BCUT2D eigenvalue weighted by Gasteiger charge is -2.05. The Kier molecular flexibility index (Phi) is 2.95. The van der Waals surface area contributed by atoms with E-state index in [1.165, 1.54) is 0 Å². The highest BCUT2D eigenvalue weighted by atomic mass is 15.3. The van der Waals surface area contributed by atoms with Crippen LogP contribution >= 0.6 is 0 Å². The zero-order valence-corrected chi connectivity index (χ0v) is 11.4. The third-order valence-corrected chi connectivity index (χ3v) is 3.22. The first-order valence-corrected chi connectivity index (χ1v) is 6.36. The molecule has 100 valence electrons. The lowest BCUT2D eigenvalue weighted by atomic mass is 10.1. The molecule has 0 atom stereocenters. The molecule has 2 aromatic heterocycles. The lowest BCUT2D eigenvalue weighted by molar-refractivity contribution is 0.834. The van der Waals surface area contributed by atoms with Crippen molar-refractivity contribution in [3.05, 3.63) is 54.1 Å². The van der Waals surface area contributed by atoms with Gasteiger partial charge in [-0.2, -0.15) is 5.10 Å². The zero-order chi connectivity index (χ0) is 14.1. The molecular weight excluding hydrogens is 250 g/mol. The van der Waals surface area contributed by atoms with Crippen molar-refractivity contribution in [2.75, 3.05) is 5.73 Å². The third kappa shape index (κ3) is 2.03. The van der Waals surface area contributed by atoms with Gasteiger partial charge in [0.2, 0.25) is 0 Å². The second kappa shape index (κ2) is 4.77. The highest BCUT2D eigenvalue weighted by Gasteiger charge is 2.15. The molecule has 5 nitrogen and oxygen atoms in total. The number of aryl methyl sites for hydroxylation is 1. The number of hydrogen-bond donors (Lipinski definition) is 1. The molecule has 5 heteroatoms. The molecule has 1 aromatic carbocycles. The van der Waals surface area contributed by atoms with E-state index in [-0.39, 0.29) is 0 Å². The molecule has 3 rings (SSSR count). The van der Waals surface area contributed by atoms with Crippen LogP contribution in [0.25, 0.3) is 16.9 Å². The summed E-state index contributed by atoms with van der Waals surface area (Å²) in [4.78, 5) is 8.43. The number of aromatic nitrogens is 4. The number of para-hydroxylation sites is 1. The minimum absolute atomic E-state index is 0.416. The fourth-order valence-corrected chi connectivity index (χ4v) is 2.30. The first-order valence-electron chi connectivity index (χ1n) is 6.36. The quantitative estimate of drug-likeness (QED) is 0.773. The molecular formula is C15H15N5. The Hall–Kier alpha value is -2.69. The van der Waals surface area contributed by atoms with E-state index in [2.05, 4.69) is 15.1 Å². The maximum absolute atomic E-state index is 5.58. The van der Waals surface area contributed by atoms with Gasteiger partial charge in [-0.05, 0) is 26.0 Å². The van der Waals surface area contributed by atoms with Gasteiger partial charge in [-0.25, -0.2) is 9.67 Å². The highest BCUT2D eigenvalue weighted by molar-refractivity contribution is 5.65. The van der Waals surface area contributed by atoms with Crippen LogP contribution in [0.5, 0.6) is 0 Å². The van der Waals surface area contributed by atoms with Gasteiger partial charge < -0.3 is 5.73 Å². The first kappa shape index (κ1) is 12.3.